The minimum Gasteiger partial charge on any atom is -0.390 e. The maximum Gasteiger partial charge on any atom is 0.0681 e. The zero-order valence-electron chi connectivity index (χ0n) is 9.75. The lowest BCUT2D eigenvalue weighted by Gasteiger charge is -2.36. The van der Waals surface area contributed by atoms with Crippen molar-refractivity contribution < 1.29 is 5.11 Å². The van der Waals surface area contributed by atoms with Crippen molar-refractivity contribution in [2.45, 2.75) is 69.8 Å². The van der Waals surface area contributed by atoms with E-state index in [0.29, 0.717) is 5.92 Å². The van der Waals surface area contributed by atoms with Crippen molar-refractivity contribution in [3.63, 3.8) is 0 Å². The van der Waals surface area contributed by atoms with E-state index in [1.165, 1.54) is 51.4 Å². The van der Waals surface area contributed by atoms with E-state index in [1.54, 1.807) is 0 Å². The number of rotatable bonds is 2. The number of hydrogen-bond acceptors (Lipinski definition) is 1. The third-order valence-electron chi connectivity index (χ3n) is 5.31. The van der Waals surface area contributed by atoms with Crippen LogP contribution in [0, 0.1) is 17.8 Å². The first kappa shape index (κ1) is 10.1. The van der Waals surface area contributed by atoms with Crippen molar-refractivity contribution in [1.29, 1.82) is 0 Å². The first-order valence-electron chi connectivity index (χ1n) is 6.99. The van der Waals surface area contributed by atoms with Crippen LogP contribution in [-0.4, -0.2) is 10.7 Å². The monoisotopic (exact) mass is 208 g/mol. The Morgan fingerprint density at radius 1 is 1.00 bits per heavy atom. The van der Waals surface area contributed by atoms with Crippen molar-refractivity contribution in [2.24, 2.45) is 17.8 Å². The normalized spacial score (nSPS) is 46.2. The van der Waals surface area contributed by atoms with Gasteiger partial charge in [-0.3, -0.25) is 0 Å². The lowest BCUT2D eigenvalue weighted by atomic mass is 9.74. The van der Waals surface area contributed by atoms with Crippen LogP contribution >= 0.6 is 0 Å². The topological polar surface area (TPSA) is 20.2 Å². The fourth-order valence-electron chi connectivity index (χ4n) is 4.56. The minimum atomic E-state index is -0.231. The molecule has 0 saturated heterocycles. The van der Waals surface area contributed by atoms with Crippen LogP contribution in [-0.2, 0) is 0 Å². The van der Waals surface area contributed by atoms with E-state index in [0.717, 1.165) is 24.7 Å². The van der Waals surface area contributed by atoms with Gasteiger partial charge in [0, 0.05) is 0 Å². The predicted molar refractivity (Wildman–Crippen MR) is 61.6 cm³/mol. The van der Waals surface area contributed by atoms with Gasteiger partial charge in [-0.05, 0) is 49.9 Å². The molecule has 1 nitrogen and oxygen atoms in total. The summed E-state index contributed by atoms with van der Waals surface area (Å²) in [6.07, 6.45) is 13.3. The highest BCUT2D eigenvalue weighted by Crippen LogP contribution is 2.53. The second kappa shape index (κ2) is 3.76. The Balaban J connectivity index is 1.61. The largest absolute Gasteiger partial charge is 0.390 e. The van der Waals surface area contributed by atoms with Crippen LogP contribution in [0.3, 0.4) is 0 Å². The summed E-state index contributed by atoms with van der Waals surface area (Å²) in [5, 5.41) is 10.7. The van der Waals surface area contributed by atoms with Crippen LogP contribution in [0.25, 0.3) is 0 Å². The van der Waals surface area contributed by atoms with Crippen LogP contribution in [0.15, 0.2) is 0 Å². The molecule has 1 heteroatoms. The maximum absolute atomic E-state index is 10.7. The van der Waals surface area contributed by atoms with Crippen LogP contribution in [0.4, 0.5) is 0 Å². The van der Waals surface area contributed by atoms with Gasteiger partial charge in [0.25, 0.3) is 0 Å². The molecule has 3 saturated carbocycles. The molecule has 0 spiro atoms. The summed E-state index contributed by atoms with van der Waals surface area (Å²) in [5.74, 6) is 2.40. The van der Waals surface area contributed by atoms with Crippen LogP contribution < -0.4 is 0 Å². The molecule has 0 radical (unpaired) electrons. The van der Waals surface area contributed by atoms with Gasteiger partial charge in [0.05, 0.1) is 5.60 Å². The van der Waals surface area contributed by atoms with Crippen LogP contribution in [0.1, 0.15) is 64.2 Å². The van der Waals surface area contributed by atoms with Gasteiger partial charge >= 0.3 is 0 Å². The Labute approximate surface area is 93.3 Å². The van der Waals surface area contributed by atoms with Crippen molar-refractivity contribution >= 4 is 0 Å². The van der Waals surface area contributed by atoms with Gasteiger partial charge in [-0.2, -0.15) is 0 Å². The molecule has 0 aromatic carbocycles. The molecular weight excluding hydrogens is 184 g/mol. The summed E-state index contributed by atoms with van der Waals surface area (Å²) in [6.45, 7) is 0. The van der Waals surface area contributed by atoms with E-state index in [-0.39, 0.29) is 5.60 Å². The first-order chi connectivity index (χ1) is 7.26. The minimum absolute atomic E-state index is 0.231. The molecule has 2 bridgehead atoms. The zero-order valence-corrected chi connectivity index (χ0v) is 9.75. The first-order valence-corrected chi connectivity index (χ1v) is 6.99. The smallest absolute Gasteiger partial charge is 0.0681 e. The quantitative estimate of drug-likeness (QED) is 0.736. The standard InChI is InChI=1S/C14H24O/c15-14(9-11-4-2-1-3-5-11)10-12-6-7-13(14)8-12/h11-13,15H,1-10H2. The lowest BCUT2D eigenvalue weighted by Crippen LogP contribution is -2.37. The van der Waals surface area contributed by atoms with Gasteiger partial charge in [-0.25, -0.2) is 0 Å². The highest BCUT2D eigenvalue weighted by molar-refractivity contribution is 5.01. The number of aliphatic hydroxyl groups is 1. The Bertz CT molecular complexity index is 231. The van der Waals surface area contributed by atoms with E-state index < -0.39 is 0 Å². The summed E-state index contributed by atoms with van der Waals surface area (Å²) in [7, 11) is 0. The molecule has 3 rings (SSSR count). The van der Waals surface area contributed by atoms with Gasteiger partial charge in [0.15, 0.2) is 0 Å². The molecule has 3 fully saturated rings. The molecule has 0 amide bonds. The summed E-state index contributed by atoms with van der Waals surface area (Å²) in [6, 6.07) is 0. The summed E-state index contributed by atoms with van der Waals surface area (Å²) < 4.78 is 0. The highest BCUT2D eigenvalue weighted by Gasteiger charge is 2.50. The van der Waals surface area contributed by atoms with Gasteiger partial charge in [0.2, 0.25) is 0 Å². The predicted octanol–water partition coefficient (Wildman–Crippen LogP) is 3.51. The molecule has 0 aromatic rings. The van der Waals surface area contributed by atoms with Gasteiger partial charge in [-0.15, -0.1) is 0 Å². The number of hydrogen-bond donors (Lipinski definition) is 1. The van der Waals surface area contributed by atoms with E-state index in [9.17, 15) is 5.11 Å². The molecular formula is C14H24O. The molecule has 3 atom stereocenters. The molecule has 3 unspecified atom stereocenters. The fraction of sp³-hybridized carbons (Fsp3) is 1.00. The Hall–Kier alpha value is -0.0400. The van der Waals surface area contributed by atoms with Crippen LogP contribution in [0.2, 0.25) is 0 Å². The van der Waals surface area contributed by atoms with E-state index >= 15 is 0 Å². The SMILES string of the molecule is OC1(CC2CCCCC2)CC2CCC1C2. The average Bonchev–Trinajstić information content (AvgIpc) is 2.78. The maximum atomic E-state index is 10.7. The van der Waals surface area contributed by atoms with Crippen LogP contribution in [0.5, 0.6) is 0 Å². The summed E-state index contributed by atoms with van der Waals surface area (Å²) in [4.78, 5) is 0. The molecule has 3 aliphatic carbocycles. The second-order valence-electron chi connectivity index (χ2n) is 6.39. The Morgan fingerprint density at radius 3 is 2.40 bits per heavy atom. The molecule has 0 aromatic heterocycles. The van der Waals surface area contributed by atoms with Crippen molar-refractivity contribution in [3.8, 4) is 0 Å². The van der Waals surface area contributed by atoms with Crippen molar-refractivity contribution in [3.05, 3.63) is 0 Å². The fourth-order valence-corrected chi connectivity index (χ4v) is 4.56. The lowest BCUT2D eigenvalue weighted by molar-refractivity contribution is -0.0374. The van der Waals surface area contributed by atoms with Crippen molar-refractivity contribution in [2.75, 3.05) is 0 Å². The molecule has 86 valence electrons. The zero-order chi connectivity index (χ0) is 10.3. The molecule has 0 heterocycles. The second-order valence-corrected chi connectivity index (χ2v) is 6.39. The van der Waals surface area contributed by atoms with Gasteiger partial charge < -0.3 is 5.11 Å². The van der Waals surface area contributed by atoms with E-state index in [2.05, 4.69) is 0 Å². The van der Waals surface area contributed by atoms with Gasteiger partial charge in [-0.1, -0.05) is 32.1 Å². The van der Waals surface area contributed by atoms with Crippen molar-refractivity contribution in [1.82, 2.24) is 0 Å². The number of fused-ring (bicyclic) bond motifs is 2. The summed E-state index contributed by atoms with van der Waals surface area (Å²) >= 11 is 0. The summed E-state index contributed by atoms with van der Waals surface area (Å²) in [5.41, 5.74) is -0.231. The molecule has 0 aliphatic heterocycles. The average molecular weight is 208 g/mol. The Morgan fingerprint density at radius 2 is 1.80 bits per heavy atom. The highest BCUT2D eigenvalue weighted by atomic mass is 16.3. The van der Waals surface area contributed by atoms with E-state index in [4.69, 9.17) is 0 Å². The molecule has 1 N–H and O–H groups in total. The third kappa shape index (κ3) is 1.84. The van der Waals surface area contributed by atoms with E-state index in [1.807, 2.05) is 0 Å². The molecule has 3 aliphatic rings. The molecule has 15 heavy (non-hydrogen) atoms. The third-order valence-corrected chi connectivity index (χ3v) is 5.31. The Kier molecular flexibility index (Phi) is 2.54. The van der Waals surface area contributed by atoms with Gasteiger partial charge in [0.1, 0.15) is 0 Å².